The second-order valence-electron chi connectivity index (χ2n) is 13.6. The van der Waals surface area contributed by atoms with Crippen LogP contribution in [0.25, 0.3) is 100 Å². The van der Waals surface area contributed by atoms with Gasteiger partial charge in [-0.3, -0.25) is 0 Å². The fourth-order valence-electron chi connectivity index (χ4n) is 7.95. The summed E-state index contributed by atoms with van der Waals surface area (Å²) < 4.78 is 6.59. The average Bonchev–Trinajstić information content (AvgIpc) is 3.66. The third-order valence-corrected chi connectivity index (χ3v) is 10.4. The van der Waals surface area contributed by atoms with Gasteiger partial charge < -0.3 is 4.42 Å². The molecule has 0 fully saturated rings. The first-order chi connectivity index (χ1) is 27.3. The van der Waals surface area contributed by atoms with Crippen LogP contribution in [0.1, 0.15) is 0 Å². The summed E-state index contributed by atoms with van der Waals surface area (Å²) in [6.07, 6.45) is 0. The number of furan rings is 1. The Kier molecular flexibility index (Phi) is 8.12. The molecule has 0 aliphatic rings. The summed E-state index contributed by atoms with van der Waals surface area (Å²) in [6, 6.07) is 69.7. The Hall–Kier alpha value is -7.43. The van der Waals surface area contributed by atoms with Crippen molar-refractivity contribution in [2.45, 2.75) is 0 Å². The molecule has 0 saturated carbocycles. The van der Waals surface area contributed by atoms with Crippen molar-refractivity contribution in [2.75, 3.05) is 0 Å². The molecule has 0 amide bonds. The van der Waals surface area contributed by atoms with Gasteiger partial charge in [-0.05, 0) is 56.3 Å². The Morgan fingerprint density at radius 2 is 0.782 bits per heavy atom. The average molecular weight is 704 g/mol. The topological polar surface area (TPSA) is 51.8 Å². The normalized spacial score (nSPS) is 11.3. The first kappa shape index (κ1) is 32.2. The van der Waals surface area contributed by atoms with E-state index in [0.29, 0.717) is 0 Å². The number of nitrogens with zero attached hydrogens (tertiary/aromatic N) is 3. The van der Waals surface area contributed by atoms with Gasteiger partial charge in [0.15, 0.2) is 0 Å². The van der Waals surface area contributed by atoms with E-state index in [1.165, 1.54) is 0 Å². The molecule has 0 aliphatic carbocycles. The Morgan fingerprint density at radius 3 is 1.45 bits per heavy atom. The highest BCUT2D eigenvalue weighted by atomic mass is 16.3. The minimum Gasteiger partial charge on any atom is -0.456 e. The van der Waals surface area contributed by atoms with Crippen LogP contribution in [0.4, 0.5) is 0 Å². The Labute approximate surface area is 319 Å². The van der Waals surface area contributed by atoms with Gasteiger partial charge in [-0.1, -0.05) is 188 Å². The molecule has 10 rings (SSSR count). The van der Waals surface area contributed by atoms with Gasteiger partial charge in [-0.15, -0.1) is 10.2 Å². The molecule has 0 bridgehead atoms. The van der Waals surface area contributed by atoms with E-state index in [1.54, 1.807) is 0 Å². The van der Waals surface area contributed by atoms with Crippen LogP contribution in [0.5, 0.6) is 0 Å². The number of hydrogen-bond donors (Lipinski definition) is 0. The van der Waals surface area contributed by atoms with E-state index < -0.39 is 0 Å². The molecule has 4 nitrogen and oxygen atoms in total. The Bertz CT molecular complexity index is 2960. The van der Waals surface area contributed by atoms with Gasteiger partial charge in [0.25, 0.3) is 0 Å². The van der Waals surface area contributed by atoms with E-state index in [4.69, 9.17) is 14.6 Å². The molecule has 2 aromatic heterocycles. The minimum absolute atomic E-state index is 0.744. The first-order valence-electron chi connectivity index (χ1n) is 18.5. The summed E-state index contributed by atoms with van der Waals surface area (Å²) in [4.78, 5) is 0. The van der Waals surface area contributed by atoms with Crippen molar-refractivity contribution in [2.24, 2.45) is 0 Å². The van der Waals surface area contributed by atoms with Crippen molar-refractivity contribution in [3.05, 3.63) is 200 Å². The van der Waals surface area contributed by atoms with Crippen LogP contribution in [0.2, 0.25) is 0 Å². The molecular formula is C51H33N3O. The van der Waals surface area contributed by atoms with Gasteiger partial charge in [0.2, 0.25) is 0 Å². The molecule has 0 unspecified atom stereocenters. The van der Waals surface area contributed by atoms with E-state index in [-0.39, 0.29) is 0 Å². The molecular weight excluding hydrogens is 671 g/mol. The number of fused-ring (bicyclic) bond motifs is 3. The lowest BCUT2D eigenvalue weighted by Gasteiger charge is -2.22. The summed E-state index contributed by atoms with van der Waals surface area (Å²) in [6.45, 7) is 0. The molecule has 0 aliphatic heterocycles. The van der Waals surface area contributed by atoms with Gasteiger partial charge in [-0.25, -0.2) is 0 Å². The molecule has 4 heteroatoms. The second-order valence-corrected chi connectivity index (χ2v) is 13.6. The fraction of sp³-hybridized carbons (Fsp3) is 0. The molecule has 55 heavy (non-hydrogen) atoms. The summed E-state index contributed by atoms with van der Waals surface area (Å²) in [5.74, 6) is 0. The third kappa shape index (κ3) is 5.68. The number of para-hydroxylation sites is 1. The van der Waals surface area contributed by atoms with Crippen LogP contribution in [-0.2, 0) is 0 Å². The zero-order chi connectivity index (χ0) is 36.6. The van der Waals surface area contributed by atoms with Crippen molar-refractivity contribution in [1.29, 1.82) is 0 Å². The molecule has 258 valence electrons. The molecule has 10 aromatic rings. The molecule has 0 atom stereocenters. The minimum atomic E-state index is 0.744. The fourth-order valence-corrected chi connectivity index (χ4v) is 7.95. The van der Waals surface area contributed by atoms with E-state index in [2.05, 4.69) is 169 Å². The molecule has 0 radical (unpaired) electrons. The highest BCUT2D eigenvalue weighted by molar-refractivity contribution is 6.19. The van der Waals surface area contributed by atoms with Crippen molar-refractivity contribution in [3.8, 4) is 78.1 Å². The molecule has 0 saturated heterocycles. The van der Waals surface area contributed by atoms with Crippen LogP contribution >= 0.6 is 0 Å². The van der Waals surface area contributed by atoms with Gasteiger partial charge in [0.05, 0.1) is 0 Å². The number of aromatic nitrogens is 3. The van der Waals surface area contributed by atoms with Crippen molar-refractivity contribution in [1.82, 2.24) is 15.4 Å². The van der Waals surface area contributed by atoms with Gasteiger partial charge in [0, 0.05) is 38.6 Å². The largest absolute Gasteiger partial charge is 0.456 e. The first-order valence-corrected chi connectivity index (χ1v) is 18.5. The van der Waals surface area contributed by atoms with Crippen LogP contribution in [0.3, 0.4) is 0 Å². The van der Waals surface area contributed by atoms with Crippen LogP contribution < -0.4 is 0 Å². The highest BCUT2D eigenvalue weighted by Gasteiger charge is 2.27. The molecule has 8 aromatic carbocycles. The van der Waals surface area contributed by atoms with Crippen LogP contribution in [0.15, 0.2) is 205 Å². The summed E-state index contributed by atoms with van der Waals surface area (Å²) in [5.41, 5.74) is 15.7. The lowest BCUT2D eigenvalue weighted by Crippen LogP contribution is -2.03. The van der Waals surface area contributed by atoms with Crippen molar-refractivity contribution >= 4 is 21.9 Å². The Morgan fingerprint density at radius 1 is 0.291 bits per heavy atom. The SMILES string of the molecule is c1ccc(-c2ccccc2-c2c(-c3ccccc3)nnnc2-c2cccc(-c3ccccc3)c2-c2c(-c3ccccc3)ccc3oc4ccccc4c23)cc1. The lowest BCUT2D eigenvalue weighted by molar-refractivity contribution is 0.669. The molecule has 0 spiro atoms. The summed E-state index contributed by atoms with van der Waals surface area (Å²) >= 11 is 0. The lowest BCUT2D eigenvalue weighted by atomic mass is 9.81. The van der Waals surface area contributed by atoms with E-state index in [0.717, 1.165) is 100 Å². The van der Waals surface area contributed by atoms with Crippen LogP contribution in [-0.4, -0.2) is 15.4 Å². The smallest absolute Gasteiger partial charge is 0.136 e. The van der Waals surface area contributed by atoms with Gasteiger partial charge in [-0.2, -0.15) is 0 Å². The van der Waals surface area contributed by atoms with Crippen molar-refractivity contribution in [3.63, 3.8) is 0 Å². The number of benzene rings is 8. The summed E-state index contributed by atoms with van der Waals surface area (Å²) in [5, 5.41) is 16.5. The predicted molar refractivity (Wildman–Crippen MR) is 225 cm³/mol. The zero-order valence-electron chi connectivity index (χ0n) is 29.8. The van der Waals surface area contributed by atoms with Crippen molar-refractivity contribution < 1.29 is 4.42 Å². The summed E-state index contributed by atoms with van der Waals surface area (Å²) in [7, 11) is 0. The third-order valence-electron chi connectivity index (χ3n) is 10.4. The van der Waals surface area contributed by atoms with E-state index in [9.17, 15) is 0 Å². The maximum absolute atomic E-state index is 6.59. The highest BCUT2D eigenvalue weighted by Crippen LogP contribution is 2.51. The van der Waals surface area contributed by atoms with Crippen LogP contribution in [0, 0.1) is 0 Å². The quantitative estimate of drug-likeness (QED) is 0.166. The Balaban J connectivity index is 1.39. The van der Waals surface area contributed by atoms with Gasteiger partial charge in [0.1, 0.15) is 22.6 Å². The van der Waals surface area contributed by atoms with E-state index >= 15 is 0 Å². The standard InChI is InChI=1S/C51H33N3O/c1-5-18-34(19-6-1)38-26-13-14-27-41(38)49-50(37-24-11-4-12-25-37)52-54-53-51(49)43-30-17-29-39(35-20-7-2-8-21-35)46(43)48-40(36-22-9-3-10-23-36)32-33-45-47(48)42-28-15-16-31-44(42)55-45/h1-33H. The monoisotopic (exact) mass is 703 g/mol. The molecule has 0 N–H and O–H groups in total. The molecule has 2 heterocycles. The number of hydrogen-bond acceptors (Lipinski definition) is 4. The van der Waals surface area contributed by atoms with E-state index in [1.807, 2.05) is 36.4 Å². The maximum atomic E-state index is 6.59. The number of rotatable bonds is 7. The maximum Gasteiger partial charge on any atom is 0.136 e. The van der Waals surface area contributed by atoms with Gasteiger partial charge >= 0.3 is 0 Å². The zero-order valence-corrected chi connectivity index (χ0v) is 29.8. The second kappa shape index (κ2) is 13.8. The predicted octanol–water partition coefficient (Wildman–Crippen LogP) is 13.4.